The summed E-state index contributed by atoms with van der Waals surface area (Å²) in [6, 6.07) is 10.0. The molecule has 1 unspecified atom stereocenters. The molecule has 1 heterocycles. The highest BCUT2D eigenvalue weighted by Crippen LogP contribution is 2.46. The van der Waals surface area contributed by atoms with E-state index in [9.17, 15) is 0 Å². The van der Waals surface area contributed by atoms with E-state index in [2.05, 4.69) is 52.0 Å². The molecule has 0 aromatic heterocycles. The molecule has 1 aromatic rings. The van der Waals surface area contributed by atoms with Gasteiger partial charge in [-0.1, -0.05) is 69.1 Å². The fourth-order valence-corrected chi connectivity index (χ4v) is 6.18. The molecule has 1 fully saturated rings. The highest BCUT2D eigenvalue weighted by Gasteiger charge is 2.36. The van der Waals surface area contributed by atoms with Crippen LogP contribution in [-0.2, 0) is 5.41 Å². The van der Waals surface area contributed by atoms with Crippen LogP contribution in [-0.4, -0.2) is 8.80 Å². The predicted octanol–water partition coefficient (Wildman–Crippen LogP) is 4.92. The number of rotatable bonds is 1. The summed E-state index contributed by atoms with van der Waals surface area (Å²) in [4.78, 5) is 0. The Balaban J connectivity index is 2.09. The zero-order valence-corrected chi connectivity index (χ0v) is 13.0. The average molecular weight is 255 g/mol. The second kappa shape index (κ2) is 4.09. The van der Waals surface area contributed by atoms with E-state index < -0.39 is 0 Å². The summed E-state index contributed by atoms with van der Waals surface area (Å²) in [6.07, 6.45) is 3.96. The van der Waals surface area contributed by atoms with Crippen LogP contribution in [0.5, 0.6) is 0 Å². The molecule has 0 nitrogen and oxygen atoms in total. The molecule has 1 atom stereocenters. The molecule has 1 radical (unpaired) electrons. The number of fused-ring (bicyclic) bond motifs is 1. The monoisotopic (exact) mass is 255 g/mol. The van der Waals surface area contributed by atoms with Crippen molar-refractivity contribution in [2.75, 3.05) is 0 Å². The molecule has 1 heteroatoms. The van der Waals surface area contributed by atoms with Crippen LogP contribution in [0.1, 0.15) is 56.3 Å². The van der Waals surface area contributed by atoms with Gasteiger partial charge in [-0.05, 0) is 34.6 Å². The third-order valence-electron chi connectivity index (χ3n) is 4.49. The summed E-state index contributed by atoms with van der Waals surface area (Å²) in [6.45, 7) is 9.34. The summed E-state index contributed by atoms with van der Waals surface area (Å²) >= 11 is 0. The maximum absolute atomic E-state index is 2.48. The highest BCUT2D eigenvalue weighted by molar-refractivity contribution is 6.64. The van der Waals surface area contributed by atoms with Crippen molar-refractivity contribution < 1.29 is 0 Å². The molecule has 3 rings (SSSR count). The molecular weight excluding hydrogens is 232 g/mol. The van der Waals surface area contributed by atoms with E-state index in [1.807, 2.05) is 0 Å². The van der Waals surface area contributed by atoms with E-state index in [4.69, 9.17) is 0 Å². The first-order valence-electron chi connectivity index (χ1n) is 7.14. The van der Waals surface area contributed by atoms with E-state index in [0.29, 0.717) is 0 Å². The van der Waals surface area contributed by atoms with Crippen LogP contribution in [0.4, 0.5) is 0 Å². The van der Waals surface area contributed by atoms with Crippen LogP contribution >= 0.6 is 0 Å². The first kappa shape index (κ1) is 12.2. The molecule has 0 spiro atoms. The van der Waals surface area contributed by atoms with E-state index in [1.165, 1.54) is 24.1 Å². The number of benzene rings is 1. The lowest BCUT2D eigenvalue weighted by Crippen LogP contribution is -2.30. The summed E-state index contributed by atoms with van der Waals surface area (Å²) in [5, 5.41) is 0. The average Bonchev–Trinajstić information content (AvgIpc) is 2.52. The summed E-state index contributed by atoms with van der Waals surface area (Å²) in [5.74, 6) is 0. The molecule has 95 valence electrons. The van der Waals surface area contributed by atoms with Gasteiger partial charge in [-0.15, -0.1) is 0 Å². The third-order valence-corrected chi connectivity index (χ3v) is 8.06. The minimum atomic E-state index is -0.116. The van der Waals surface area contributed by atoms with Gasteiger partial charge in [-0.25, -0.2) is 0 Å². The second-order valence-corrected chi connectivity index (χ2v) is 9.79. The second-order valence-electron chi connectivity index (χ2n) is 6.89. The predicted molar refractivity (Wildman–Crippen MR) is 81.5 cm³/mol. The van der Waals surface area contributed by atoms with Crippen molar-refractivity contribution in [1.82, 2.24) is 0 Å². The Morgan fingerprint density at radius 1 is 1.17 bits per heavy atom. The van der Waals surface area contributed by atoms with Gasteiger partial charge in [0.25, 0.3) is 0 Å². The van der Waals surface area contributed by atoms with Gasteiger partial charge >= 0.3 is 0 Å². The van der Waals surface area contributed by atoms with Crippen molar-refractivity contribution >= 4 is 14.9 Å². The normalized spacial score (nSPS) is 23.6. The molecular formula is C17H23Si. The fraction of sp³-hybridized carbons (Fsp3) is 0.529. The van der Waals surface area contributed by atoms with Gasteiger partial charge in [-0.2, -0.15) is 0 Å². The van der Waals surface area contributed by atoms with Crippen molar-refractivity contribution in [3.8, 4) is 0 Å². The van der Waals surface area contributed by atoms with E-state index in [-0.39, 0.29) is 14.2 Å². The zero-order chi connectivity index (χ0) is 12.9. The standard InChI is InChI=1S/C17H23Si/c1-12-11-14-13(16(12)18-9-6-10-18)7-5-8-15(14)17(2,3)4/h5,7-8,11,16H,6,9-10H2,1-4H3. The lowest BCUT2D eigenvalue weighted by molar-refractivity contribution is 0.588. The van der Waals surface area contributed by atoms with Crippen LogP contribution in [0.15, 0.2) is 23.8 Å². The van der Waals surface area contributed by atoms with Gasteiger partial charge in [0.15, 0.2) is 0 Å². The van der Waals surface area contributed by atoms with Crippen LogP contribution in [0.3, 0.4) is 0 Å². The van der Waals surface area contributed by atoms with Crippen LogP contribution in [0.25, 0.3) is 6.08 Å². The largest absolute Gasteiger partial charge is 0.0682 e. The first-order valence-corrected chi connectivity index (χ1v) is 9.14. The Morgan fingerprint density at radius 3 is 2.44 bits per heavy atom. The van der Waals surface area contributed by atoms with Gasteiger partial charge < -0.3 is 0 Å². The van der Waals surface area contributed by atoms with E-state index in [0.717, 1.165) is 5.54 Å². The number of allylic oxidation sites excluding steroid dienone is 1. The lowest BCUT2D eigenvalue weighted by atomic mass is 9.83. The Labute approximate surface area is 113 Å². The van der Waals surface area contributed by atoms with Gasteiger partial charge in [0.05, 0.1) is 8.80 Å². The quantitative estimate of drug-likeness (QED) is 0.625. The molecule has 0 amide bonds. The first-order chi connectivity index (χ1) is 8.48. The van der Waals surface area contributed by atoms with Crippen molar-refractivity contribution in [2.45, 2.75) is 57.2 Å². The number of hydrogen-bond acceptors (Lipinski definition) is 0. The zero-order valence-electron chi connectivity index (χ0n) is 12.0. The lowest BCUT2D eigenvalue weighted by Gasteiger charge is -2.32. The third kappa shape index (κ3) is 1.80. The van der Waals surface area contributed by atoms with Gasteiger partial charge in [0, 0.05) is 0 Å². The summed E-state index contributed by atoms with van der Waals surface area (Å²) in [7, 11) is -0.116. The molecule has 1 aliphatic carbocycles. The molecule has 1 saturated heterocycles. The van der Waals surface area contributed by atoms with Crippen molar-refractivity contribution in [3.63, 3.8) is 0 Å². The maximum Gasteiger partial charge on any atom is 0.0616 e. The van der Waals surface area contributed by atoms with E-state index >= 15 is 0 Å². The fourth-order valence-electron chi connectivity index (χ4n) is 3.42. The molecule has 0 bridgehead atoms. The topological polar surface area (TPSA) is 0 Å². The Hall–Kier alpha value is -0.823. The van der Waals surface area contributed by atoms with Gasteiger partial charge in [-0.3, -0.25) is 0 Å². The van der Waals surface area contributed by atoms with Crippen molar-refractivity contribution in [2.24, 2.45) is 0 Å². The minimum Gasteiger partial charge on any atom is -0.0682 e. The Bertz CT molecular complexity index is 501. The highest BCUT2D eigenvalue weighted by atomic mass is 28.3. The molecule has 18 heavy (non-hydrogen) atoms. The van der Waals surface area contributed by atoms with Crippen molar-refractivity contribution in [3.05, 3.63) is 40.5 Å². The van der Waals surface area contributed by atoms with Crippen molar-refractivity contribution in [1.29, 1.82) is 0 Å². The molecule has 0 saturated carbocycles. The van der Waals surface area contributed by atoms with Crippen LogP contribution < -0.4 is 0 Å². The molecule has 0 N–H and O–H groups in total. The number of hydrogen-bond donors (Lipinski definition) is 0. The van der Waals surface area contributed by atoms with E-state index in [1.54, 1.807) is 16.7 Å². The minimum absolute atomic E-state index is 0.116. The maximum atomic E-state index is 2.48. The van der Waals surface area contributed by atoms with Gasteiger partial charge in [0.2, 0.25) is 0 Å². The van der Waals surface area contributed by atoms with Crippen LogP contribution in [0, 0.1) is 0 Å². The summed E-state index contributed by atoms with van der Waals surface area (Å²) < 4.78 is 0. The Kier molecular flexibility index (Phi) is 2.78. The summed E-state index contributed by atoms with van der Waals surface area (Å²) in [5.41, 5.74) is 7.44. The molecule has 1 aromatic carbocycles. The SMILES string of the molecule is CC1=Cc2c(cccc2C(C)(C)C)C1[Si]1CCC1. The smallest absolute Gasteiger partial charge is 0.0616 e. The van der Waals surface area contributed by atoms with Gasteiger partial charge in [0.1, 0.15) is 0 Å². The molecule has 1 aliphatic heterocycles. The molecule has 2 aliphatic rings. The van der Waals surface area contributed by atoms with Crippen LogP contribution in [0.2, 0.25) is 12.1 Å². The Morgan fingerprint density at radius 2 is 1.89 bits per heavy atom.